The van der Waals surface area contributed by atoms with Gasteiger partial charge in [-0.3, -0.25) is 14.3 Å². The second-order valence-corrected chi connectivity index (χ2v) is 19.3. The number of imidazole rings is 1. The van der Waals surface area contributed by atoms with Crippen molar-refractivity contribution in [1.82, 2.24) is 24.2 Å². The molecule has 0 N–H and O–H groups in total. The van der Waals surface area contributed by atoms with E-state index in [9.17, 15) is 14.4 Å². The number of aromatic nitrogens is 4. The molecule has 0 aliphatic carbocycles. The molecule has 386 valence electrons. The van der Waals surface area contributed by atoms with Gasteiger partial charge in [-0.15, -0.1) is 0 Å². The minimum absolute atomic E-state index is 0.0146. The van der Waals surface area contributed by atoms with E-state index in [1.54, 1.807) is 56.5 Å². The van der Waals surface area contributed by atoms with Crippen LogP contribution in [0.2, 0.25) is 0 Å². The Bertz CT molecular complexity index is 2870. The molecule has 1 aliphatic heterocycles. The quantitative estimate of drug-likeness (QED) is 0.0319. The summed E-state index contributed by atoms with van der Waals surface area (Å²) >= 11 is 0. The van der Waals surface area contributed by atoms with Crippen LogP contribution < -0.4 is 19.1 Å². The molecule has 0 bridgehead atoms. The normalized spacial score (nSPS) is 17.2. The molecule has 0 spiro atoms. The van der Waals surface area contributed by atoms with Gasteiger partial charge in [0.05, 0.1) is 52.8 Å². The van der Waals surface area contributed by atoms with E-state index in [0.29, 0.717) is 28.5 Å². The third-order valence-electron chi connectivity index (χ3n) is 12.6. The van der Waals surface area contributed by atoms with Crippen LogP contribution in [0.5, 0.6) is 17.2 Å². The molecule has 2 aromatic heterocycles. The largest absolute Gasteiger partial charge is 0.497 e. The lowest BCUT2D eigenvalue weighted by atomic mass is 9.80. The topological polar surface area (TPSA) is 165 Å². The summed E-state index contributed by atoms with van der Waals surface area (Å²) in [6, 6.07) is 42.5. The lowest BCUT2D eigenvalue weighted by Crippen LogP contribution is -2.42. The molecule has 0 radical (unpaired) electrons. The van der Waals surface area contributed by atoms with Crippen molar-refractivity contribution in [1.29, 1.82) is 5.26 Å². The minimum atomic E-state index is -1.84. The van der Waals surface area contributed by atoms with Crippen LogP contribution in [-0.2, 0) is 40.2 Å². The molecule has 1 amide bonds. The highest BCUT2D eigenvalue weighted by atomic mass is 31.2. The Morgan fingerprint density at radius 3 is 1.97 bits per heavy atom. The number of benzene rings is 5. The number of anilines is 1. The van der Waals surface area contributed by atoms with Gasteiger partial charge in [-0.05, 0) is 98.5 Å². The number of methoxy groups -OCH3 is 3. The highest BCUT2D eigenvalue weighted by Gasteiger charge is 2.51. The number of amides is 1. The van der Waals surface area contributed by atoms with Crippen molar-refractivity contribution in [3.8, 4) is 23.3 Å². The van der Waals surface area contributed by atoms with Crippen LogP contribution in [-0.4, -0.2) is 102 Å². The summed E-state index contributed by atoms with van der Waals surface area (Å²) in [5, 5.41) is 9.59. The lowest BCUT2D eigenvalue weighted by molar-refractivity contribution is -0.120. The van der Waals surface area contributed by atoms with Gasteiger partial charge in [0.15, 0.2) is 29.8 Å². The van der Waals surface area contributed by atoms with Crippen LogP contribution in [0.3, 0.4) is 0 Å². The van der Waals surface area contributed by atoms with Crippen LogP contribution in [0.4, 0.5) is 10.2 Å². The van der Waals surface area contributed by atoms with Crippen molar-refractivity contribution in [3.63, 3.8) is 0 Å². The number of ether oxygens (including phenoxy) is 6. The van der Waals surface area contributed by atoms with E-state index in [-0.39, 0.29) is 56.2 Å². The second-order valence-electron chi connectivity index (χ2n) is 17.9. The summed E-state index contributed by atoms with van der Waals surface area (Å²) in [5.41, 5.74) is 2.52. The number of hydrogen-bond donors (Lipinski definition) is 0. The van der Waals surface area contributed by atoms with Crippen LogP contribution in [0.15, 0.2) is 146 Å². The molecule has 1 saturated heterocycles. The zero-order chi connectivity index (χ0) is 52.2. The van der Waals surface area contributed by atoms with Gasteiger partial charge in [-0.25, -0.2) is 24.0 Å². The molecule has 1 fully saturated rings. The number of carbonyl (C=O) groups is 1. The molecule has 74 heavy (non-hydrogen) atoms. The highest BCUT2D eigenvalue weighted by Crippen LogP contribution is 2.51. The van der Waals surface area contributed by atoms with Crippen LogP contribution >= 0.6 is 8.53 Å². The van der Waals surface area contributed by atoms with Crippen molar-refractivity contribution in [2.45, 2.75) is 82.9 Å². The van der Waals surface area contributed by atoms with Gasteiger partial charge in [0.25, 0.3) is 14.4 Å². The van der Waals surface area contributed by atoms with Crippen molar-refractivity contribution in [2.24, 2.45) is 0 Å². The van der Waals surface area contributed by atoms with E-state index in [4.69, 9.17) is 47.4 Å². The molecule has 1 aliphatic rings. The van der Waals surface area contributed by atoms with E-state index in [1.165, 1.54) is 23.4 Å². The molecule has 5 aromatic carbocycles. The number of halogens is 1. The molecule has 18 heteroatoms. The van der Waals surface area contributed by atoms with E-state index >= 15 is 0 Å². The molecule has 7 aromatic rings. The molecular formula is C56H61FN7O9P. The number of carbonyl (C=O) groups excluding carboxylic acids is 1. The Morgan fingerprint density at radius 1 is 0.784 bits per heavy atom. The number of nitrogens with zero attached hydrogens (tertiary/aromatic N) is 7. The fourth-order valence-electron chi connectivity index (χ4n) is 9.14. The highest BCUT2D eigenvalue weighted by molar-refractivity contribution is 7.44. The maximum absolute atomic E-state index is 14.3. The second kappa shape index (κ2) is 24.9. The zero-order valence-corrected chi connectivity index (χ0v) is 43.4. The standard InChI is InChI=1S/C56H61FN7O9P/c1-38(2)64(39(3)4)74(71-32-14-31-58)73-51-48(34-70-56(41-15-10-8-11-16-41,42-21-27-45(66-5)28-22-42)43-23-29-46(67-6)30-24-43)72-55(52(51)68-7)63-37-61-50-53(59-36-60-54(50)63)62(33-40-19-25-44(57)26-20-40)49(65)35-69-47-17-12-9-13-18-47/h8-13,15-30,36-39,48,51-52,55H,14,32-35H2,1-7H3. The number of para-hydroxylation sites is 1. The summed E-state index contributed by atoms with van der Waals surface area (Å²) in [6.45, 7) is 8.06. The van der Waals surface area contributed by atoms with Gasteiger partial charge in [-0.1, -0.05) is 84.9 Å². The zero-order valence-electron chi connectivity index (χ0n) is 42.5. The summed E-state index contributed by atoms with van der Waals surface area (Å²) in [6.07, 6.45) is -0.400. The maximum atomic E-state index is 14.3. The summed E-state index contributed by atoms with van der Waals surface area (Å²) in [4.78, 5) is 29.9. The molecule has 3 heterocycles. The average Bonchev–Trinajstić information content (AvgIpc) is 4.02. The first-order chi connectivity index (χ1) is 36.0. The Hall–Kier alpha value is -6.87. The number of nitriles is 1. The van der Waals surface area contributed by atoms with Gasteiger partial charge in [-0.2, -0.15) is 5.26 Å². The smallest absolute Gasteiger partial charge is 0.266 e. The fourth-order valence-corrected chi connectivity index (χ4v) is 10.9. The van der Waals surface area contributed by atoms with E-state index in [0.717, 1.165) is 16.7 Å². The molecule has 16 nitrogen and oxygen atoms in total. The maximum Gasteiger partial charge on any atom is 0.266 e. The SMILES string of the molecule is COc1ccc(C(OCC2OC(n3cnc4c(N(Cc5ccc(F)cc5)C(=O)COc5ccccc5)ncnc43)C(OC)C2OP(OCCC#N)N(C(C)C)C(C)C)(c2ccccc2)c2ccc(OC)cc2)cc1. The molecular weight excluding hydrogens is 965 g/mol. The first kappa shape index (κ1) is 53.4. The average molecular weight is 1030 g/mol. The molecule has 5 unspecified atom stereocenters. The fraction of sp³-hybridized carbons (Fsp3) is 0.339. The predicted molar refractivity (Wildman–Crippen MR) is 278 cm³/mol. The Balaban J connectivity index is 1.23. The third kappa shape index (κ3) is 11.9. The summed E-state index contributed by atoms with van der Waals surface area (Å²) < 4.78 is 69.9. The summed E-state index contributed by atoms with van der Waals surface area (Å²) in [7, 11) is 3.00. The lowest BCUT2D eigenvalue weighted by Gasteiger charge is -2.39. The number of hydrogen-bond acceptors (Lipinski definition) is 14. The van der Waals surface area contributed by atoms with Crippen LogP contribution in [0.1, 0.15) is 62.6 Å². The number of fused-ring (bicyclic) bond motifs is 1. The van der Waals surface area contributed by atoms with Crippen LogP contribution in [0, 0.1) is 17.1 Å². The third-order valence-corrected chi connectivity index (χ3v) is 14.7. The van der Waals surface area contributed by atoms with Crippen molar-refractivity contribution in [2.75, 3.05) is 46.0 Å². The first-order valence-corrected chi connectivity index (χ1v) is 25.4. The van der Waals surface area contributed by atoms with E-state index in [1.807, 2.05) is 97.1 Å². The van der Waals surface area contributed by atoms with Crippen molar-refractivity contribution in [3.05, 3.63) is 174 Å². The van der Waals surface area contributed by atoms with Crippen molar-refractivity contribution >= 4 is 31.4 Å². The Morgan fingerprint density at radius 2 is 1.39 bits per heavy atom. The van der Waals surface area contributed by atoms with Gasteiger partial charge in [0.2, 0.25) is 0 Å². The van der Waals surface area contributed by atoms with Gasteiger partial charge in [0.1, 0.15) is 53.3 Å². The molecule has 8 rings (SSSR count). The van der Waals surface area contributed by atoms with Gasteiger partial charge in [0, 0.05) is 19.2 Å². The number of rotatable bonds is 24. The first-order valence-electron chi connectivity index (χ1n) is 24.3. The van der Waals surface area contributed by atoms with Crippen molar-refractivity contribution < 1.29 is 46.7 Å². The minimum Gasteiger partial charge on any atom is -0.497 e. The predicted octanol–water partition coefficient (Wildman–Crippen LogP) is 10.2. The van der Waals surface area contributed by atoms with Crippen LogP contribution in [0.25, 0.3) is 11.2 Å². The van der Waals surface area contributed by atoms with E-state index in [2.05, 4.69) is 43.4 Å². The molecule has 0 saturated carbocycles. The molecule has 5 atom stereocenters. The monoisotopic (exact) mass is 1030 g/mol. The van der Waals surface area contributed by atoms with Gasteiger partial charge < -0.3 is 37.5 Å². The van der Waals surface area contributed by atoms with Gasteiger partial charge >= 0.3 is 0 Å². The van der Waals surface area contributed by atoms with E-state index < -0.39 is 50.4 Å². The summed E-state index contributed by atoms with van der Waals surface area (Å²) in [5.74, 6) is 1.23. The Labute approximate surface area is 432 Å². The Kier molecular flexibility index (Phi) is 18.0.